The van der Waals surface area contributed by atoms with E-state index in [0.717, 1.165) is 12.0 Å². The number of thiophene rings is 1. The molecule has 0 spiro atoms. The van der Waals surface area contributed by atoms with Crippen molar-refractivity contribution in [2.45, 2.75) is 33.2 Å². The molecule has 116 valence electrons. The molecule has 0 fully saturated rings. The number of hydrogen-bond donors (Lipinski definition) is 1. The van der Waals surface area contributed by atoms with E-state index in [9.17, 15) is 9.59 Å². The van der Waals surface area contributed by atoms with Gasteiger partial charge in [-0.1, -0.05) is 44.2 Å². The number of carbonyl (C=O) groups excluding carboxylic acids is 2. The molecule has 0 aliphatic rings. The molecule has 0 bridgehead atoms. The quantitative estimate of drug-likeness (QED) is 0.800. The standard InChI is InChI=1S/C18H21NO2S/c1-12(2)11-15(14-7-5-4-6-8-14)19-18(21)17-10-9-16(22-17)13(3)20/h4-10,12,15H,11H2,1-3H3,(H,19,21)/t15-/m1/s1. The Morgan fingerprint density at radius 3 is 2.23 bits per heavy atom. The summed E-state index contributed by atoms with van der Waals surface area (Å²) in [5, 5.41) is 3.09. The monoisotopic (exact) mass is 315 g/mol. The first-order valence-electron chi connectivity index (χ1n) is 7.44. The van der Waals surface area contributed by atoms with E-state index in [1.807, 2.05) is 30.3 Å². The number of hydrogen-bond acceptors (Lipinski definition) is 3. The summed E-state index contributed by atoms with van der Waals surface area (Å²) in [6.45, 7) is 5.79. The number of amides is 1. The molecule has 1 amide bonds. The van der Waals surface area contributed by atoms with Crippen LogP contribution in [0.25, 0.3) is 0 Å². The zero-order valence-electron chi connectivity index (χ0n) is 13.1. The maximum Gasteiger partial charge on any atom is 0.261 e. The minimum absolute atomic E-state index is 0.00848. The third kappa shape index (κ3) is 4.28. The van der Waals surface area contributed by atoms with Gasteiger partial charge in [0.2, 0.25) is 0 Å². The Hall–Kier alpha value is -1.94. The van der Waals surface area contributed by atoms with Crippen molar-refractivity contribution in [2.75, 3.05) is 0 Å². The van der Waals surface area contributed by atoms with Crippen LogP contribution in [0, 0.1) is 5.92 Å². The van der Waals surface area contributed by atoms with Gasteiger partial charge < -0.3 is 5.32 Å². The van der Waals surface area contributed by atoms with Gasteiger partial charge in [0.15, 0.2) is 5.78 Å². The van der Waals surface area contributed by atoms with Gasteiger partial charge in [0, 0.05) is 0 Å². The predicted octanol–water partition coefficient (Wildman–Crippen LogP) is 4.47. The van der Waals surface area contributed by atoms with Gasteiger partial charge in [-0.3, -0.25) is 9.59 Å². The summed E-state index contributed by atoms with van der Waals surface area (Å²) in [5.41, 5.74) is 1.10. The van der Waals surface area contributed by atoms with E-state index < -0.39 is 0 Å². The van der Waals surface area contributed by atoms with Gasteiger partial charge in [-0.2, -0.15) is 0 Å². The number of benzene rings is 1. The minimum atomic E-state index is -0.119. The second kappa shape index (κ2) is 7.36. The van der Waals surface area contributed by atoms with E-state index in [0.29, 0.717) is 15.7 Å². The Morgan fingerprint density at radius 1 is 1.05 bits per heavy atom. The van der Waals surface area contributed by atoms with Gasteiger partial charge in [0.25, 0.3) is 5.91 Å². The van der Waals surface area contributed by atoms with Crippen LogP contribution in [0.3, 0.4) is 0 Å². The average Bonchev–Trinajstić information content (AvgIpc) is 2.97. The average molecular weight is 315 g/mol. The van der Waals surface area contributed by atoms with Gasteiger partial charge in [-0.25, -0.2) is 0 Å². The minimum Gasteiger partial charge on any atom is -0.345 e. The van der Waals surface area contributed by atoms with Crippen molar-refractivity contribution in [3.63, 3.8) is 0 Å². The summed E-state index contributed by atoms with van der Waals surface area (Å²) < 4.78 is 0. The molecule has 2 aromatic rings. The van der Waals surface area contributed by atoms with Gasteiger partial charge in [0.1, 0.15) is 0 Å². The molecule has 2 rings (SSSR count). The summed E-state index contributed by atoms with van der Waals surface area (Å²) in [4.78, 5) is 25.0. The van der Waals surface area contributed by atoms with Crippen molar-refractivity contribution in [1.82, 2.24) is 5.32 Å². The Morgan fingerprint density at radius 2 is 1.68 bits per heavy atom. The van der Waals surface area contributed by atoms with E-state index >= 15 is 0 Å². The largest absolute Gasteiger partial charge is 0.345 e. The van der Waals surface area contributed by atoms with Crippen LogP contribution in [0.5, 0.6) is 0 Å². The first-order chi connectivity index (χ1) is 10.5. The molecule has 0 aliphatic carbocycles. The highest BCUT2D eigenvalue weighted by atomic mass is 32.1. The third-order valence-corrected chi connectivity index (χ3v) is 4.58. The zero-order valence-corrected chi connectivity index (χ0v) is 13.9. The molecule has 0 saturated heterocycles. The molecule has 0 unspecified atom stereocenters. The second-order valence-electron chi connectivity index (χ2n) is 5.79. The van der Waals surface area contributed by atoms with Crippen LogP contribution in [0.4, 0.5) is 0 Å². The molecule has 0 saturated carbocycles. The van der Waals surface area contributed by atoms with Crippen molar-refractivity contribution in [2.24, 2.45) is 5.92 Å². The van der Waals surface area contributed by atoms with E-state index in [1.165, 1.54) is 18.3 Å². The maximum atomic E-state index is 12.4. The highest BCUT2D eigenvalue weighted by Crippen LogP contribution is 2.23. The number of rotatable bonds is 6. The van der Waals surface area contributed by atoms with Crippen molar-refractivity contribution >= 4 is 23.0 Å². The van der Waals surface area contributed by atoms with Gasteiger partial charge >= 0.3 is 0 Å². The number of nitrogens with one attached hydrogen (secondary N) is 1. The highest BCUT2D eigenvalue weighted by Gasteiger charge is 2.18. The topological polar surface area (TPSA) is 46.2 Å². The normalized spacial score (nSPS) is 12.2. The Balaban J connectivity index is 2.15. The fourth-order valence-corrected chi connectivity index (χ4v) is 3.12. The lowest BCUT2D eigenvalue weighted by Crippen LogP contribution is -2.28. The third-order valence-electron chi connectivity index (χ3n) is 3.39. The molecule has 0 aliphatic heterocycles. The van der Waals surface area contributed by atoms with E-state index in [2.05, 4.69) is 19.2 Å². The molecule has 0 radical (unpaired) electrons. The lowest BCUT2D eigenvalue weighted by atomic mass is 9.97. The lowest BCUT2D eigenvalue weighted by molar-refractivity contribution is 0.0935. The van der Waals surface area contributed by atoms with Crippen molar-refractivity contribution in [3.05, 3.63) is 57.8 Å². The summed E-state index contributed by atoms with van der Waals surface area (Å²) >= 11 is 1.24. The van der Waals surface area contributed by atoms with Crippen LogP contribution in [0.15, 0.2) is 42.5 Å². The van der Waals surface area contributed by atoms with Gasteiger partial charge in [-0.15, -0.1) is 11.3 Å². The first kappa shape index (κ1) is 16.4. The fourth-order valence-electron chi connectivity index (χ4n) is 2.31. The molecule has 4 heteroatoms. The lowest BCUT2D eigenvalue weighted by Gasteiger charge is -2.20. The van der Waals surface area contributed by atoms with Crippen molar-refractivity contribution in [3.8, 4) is 0 Å². The van der Waals surface area contributed by atoms with Crippen LogP contribution in [-0.4, -0.2) is 11.7 Å². The van der Waals surface area contributed by atoms with Crippen LogP contribution in [-0.2, 0) is 0 Å². The molecule has 1 aromatic heterocycles. The van der Waals surface area contributed by atoms with Gasteiger partial charge in [-0.05, 0) is 37.0 Å². The number of ketones is 1. The van der Waals surface area contributed by atoms with Crippen LogP contribution < -0.4 is 5.32 Å². The fraction of sp³-hybridized carbons (Fsp3) is 0.333. The molecule has 1 N–H and O–H groups in total. The molecular weight excluding hydrogens is 294 g/mol. The Bertz CT molecular complexity index is 646. The zero-order chi connectivity index (χ0) is 16.1. The second-order valence-corrected chi connectivity index (χ2v) is 6.87. The highest BCUT2D eigenvalue weighted by molar-refractivity contribution is 7.15. The number of carbonyl (C=O) groups is 2. The summed E-state index contributed by atoms with van der Waals surface area (Å²) in [6, 6.07) is 13.4. The molecule has 1 aromatic carbocycles. The Kier molecular flexibility index (Phi) is 5.50. The van der Waals surface area contributed by atoms with E-state index in [-0.39, 0.29) is 17.7 Å². The SMILES string of the molecule is CC(=O)c1ccc(C(=O)N[C@H](CC(C)C)c2ccccc2)s1. The van der Waals surface area contributed by atoms with Crippen LogP contribution >= 0.6 is 11.3 Å². The molecule has 1 heterocycles. The van der Waals surface area contributed by atoms with Crippen molar-refractivity contribution < 1.29 is 9.59 Å². The van der Waals surface area contributed by atoms with Crippen LogP contribution in [0.1, 0.15) is 58.1 Å². The van der Waals surface area contributed by atoms with Gasteiger partial charge in [0.05, 0.1) is 15.8 Å². The number of Topliss-reactive ketones (excluding diaryl/α,β-unsaturated/α-hetero) is 1. The summed E-state index contributed by atoms with van der Waals surface area (Å²) in [6.07, 6.45) is 0.876. The van der Waals surface area contributed by atoms with E-state index in [1.54, 1.807) is 12.1 Å². The van der Waals surface area contributed by atoms with Crippen molar-refractivity contribution in [1.29, 1.82) is 0 Å². The first-order valence-corrected chi connectivity index (χ1v) is 8.25. The maximum absolute atomic E-state index is 12.4. The van der Waals surface area contributed by atoms with E-state index in [4.69, 9.17) is 0 Å². The summed E-state index contributed by atoms with van der Waals surface area (Å²) in [7, 11) is 0. The molecule has 3 nitrogen and oxygen atoms in total. The van der Waals surface area contributed by atoms with Crippen LogP contribution in [0.2, 0.25) is 0 Å². The summed E-state index contributed by atoms with van der Waals surface area (Å²) in [5.74, 6) is 0.347. The molecule has 1 atom stereocenters. The predicted molar refractivity (Wildman–Crippen MR) is 90.4 cm³/mol. The Labute approximate surface area is 135 Å². The smallest absolute Gasteiger partial charge is 0.261 e. The molecular formula is C18H21NO2S. The molecule has 22 heavy (non-hydrogen) atoms.